The molecule has 0 bridgehead atoms. The number of rotatable bonds is 3. The summed E-state index contributed by atoms with van der Waals surface area (Å²) in [5.41, 5.74) is 5.60. The molecule has 1 aromatic carbocycles. The third-order valence-corrected chi connectivity index (χ3v) is 4.51. The maximum atomic E-state index is 13.6. The molecule has 1 aromatic rings. The van der Waals surface area contributed by atoms with Crippen LogP contribution in [-0.2, 0) is 16.4 Å². The van der Waals surface area contributed by atoms with Crippen LogP contribution in [0.2, 0.25) is 0 Å². The van der Waals surface area contributed by atoms with E-state index in [-0.39, 0.29) is 24.5 Å². The maximum absolute atomic E-state index is 13.6. The van der Waals surface area contributed by atoms with Gasteiger partial charge in [0.05, 0.1) is 11.5 Å². The van der Waals surface area contributed by atoms with E-state index in [1.807, 2.05) is 0 Å². The minimum Gasteiger partial charge on any atom is -0.483 e. The smallest absolute Gasteiger partial charge is 0.191 e. The summed E-state index contributed by atoms with van der Waals surface area (Å²) in [6.45, 7) is 0.0198. The van der Waals surface area contributed by atoms with Gasteiger partial charge in [0.2, 0.25) is 0 Å². The van der Waals surface area contributed by atoms with Crippen molar-refractivity contribution in [1.82, 2.24) is 0 Å². The Hall–Kier alpha value is -1.21. The Bertz CT molecular complexity index is 536. The van der Waals surface area contributed by atoms with Gasteiger partial charge in [-0.15, -0.1) is 0 Å². The number of hydrogen-bond acceptors (Lipinski definition) is 4. The van der Waals surface area contributed by atoms with Crippen LogP contribution < -0.4 is 10.5 Å². The van der Waals surface area contributed by atoms with E-state index in [0.29, 0.717) is 5.56 Å². The summed E-state index contributed by atoms with van der Waals surface area (Å²) in [5.74, 6) is -2.47. The van der Waals surface area contributed by atoms with E-state index in [0.717, 1.165) is 12.1 Å². The van der Waals surface area contributed by atoms with E-state index in [9.17, 15) is 17.2 Å². The lowest BCUT2D eigenvalue weighted by atomic mass is 10.2. The highest BCUT2D eigenvalue weighted by Gasteiger charge is 2.30. The predicted octanol–water partition coefficient (Wildman–Crippen LogP) is 0.989. The number of halogens is 2. The van der Waals surface area contributed by atoms with Crippen molar-refractivity contribution in [3.63, 3.8) is 0 Å². The molecule has 1 aliphatic heterocycles. The monoisotopic (exact) mass is 277 g/mol. The van der Waals surface area contributed by atoms with Gasteiger partial charge in [0.25, 0.3) is 0 Å². The number of nitrogens with two attached hydrogens (primary N) is 1. The molecule has 2 rings (SSSR count). The Labute approximate surface area is 104 Å². The van der Waals surface area contributed by atoms with Crippen molar-refractivity contribution in [2.24, 2.45) is 5.73 Å². The zero-order valence-electron chi connectivity index (χ0n) is 9.53. The lowest BCUT2D eigenvalue weighted by Gasteiger charge is -2.14. The second kappa shape index (κ2) is 4.81. The van der Waals surface area contributed by atoms with Gasteiger partial charge >= 0.3 is 0 Å². The van der Waals surface area contributed by atoms with Crippen LogP contribution in [0.3, 0.4) is 0 Å². The molecule has 0 amide bonds. The average molecular weight is 277 g/mol. The first-order valence-corrected chi connectivity index (χ1v) is 7.28. The predicted molar refractivity (Wildman–Crippen MR) is 61.9 cm³/mol. The summed E-state index contributed by atoms with van der Waals surface area (Å²) >= 11 is 0. The Morgan fingerprint density at radius 3 is 2.39 bits per heavy atom. The van der Waals surface area contributed by atoms with Crippen molar-refractivity contribution in [2.45, 2.75) is 19.1 Å². The summed E-state index contributed by atoms with van der Waals surface area (Å²) < 4.78 is 54.7. The summed E-state index contributed by atoms with van der Waals surface area (Å²) in [5, 5.41) is 0. The van der Waals surface area contributed by atoms with Crippen molar-refractivity contribution in [3.05, 3.63) is 29.3 Å². The quantitative estimate of drug-likeness (QED) is 0.894. The van der Waals surface area contributed by atoms with Crippen LogP contribution in [0, 0.1) is 11.6 Å². The number of hydrogen-bond donors (Lipinski definition) is 1. The molecule has 1 aliphatic rings. The summed E-state index contributed by atoms with van der Waals surface area (Å²) in [6, 6.07) is 2.17. The molecule has 1 fully saturated rings. The van der Waals surface area contributed by atoms with Crippen LogP contribution in [0.5, 0.6) is 5.75 Å². The average Bonchev–Trinajstić information content (AvgIpc) is 2.63. The molecule has 4 nitrogen and oxygen atoms in total. The summed E-state index contributed by atoms with van der Waals surface area (Å²) in [4.78, 5) is 0. The molecule has 1 heterocycles. The van der Waals surface area contributed by atoms with Gasteiger partial charge in [0, 0.05) is 6.54 Å². The van der Waals surface area contributed by atoms with E-state index in [1.165, 1.54) is 0 Å². The lowest BCUT2D eigenvalue weighted by Crippen LogP contribution is -2.19. The van der Waals surface area contributed by atoms with E-state index in [2.05, 4.69) is 0 Å². The highest BCUT2D eigenvalue weighted by Crippen LogP contribution is 2.27. The fourth-order valence-electron chi connectivity index (χ4n) is 1.86. The molecule has 0 radical (unpaired) electrons. The van der Waals surface area contributed by atoms with E-state index in [1.54, 1.807) is 0 Å². The molecular weight excluding hydrogens is 264 g/mol. The topological polar surface area (TPSA) is 69.4 Å². The zero-order chi connectivity index (χ0) is 13.3. The highest BCUT2D eigenvalue weighted by atomic mass is 32.2. The number of ether oxygens (including phenoxy) is 1. The molecule has 18 heavy (non-hydrogen) atoms. The van der Waals surface area contributed by atoms with Crippen LogP contribution in [0.1, 0.15) is 12.0 Å². The molecule has 0 saturated carbocycles. The first-order chi connectivity index (χ1) is 8.41. The largest absolute Gasteiger partial charge is 0.483 e. The molecule has 1 saturated heterocycles. The minimum absolute atomic E-state index is 0.0121. The van der Waals surface area contributed by atoms with Crippen molar-refractivity contribution in [3.8, 4) is 5.75 Å². The van der Waals surface area contributed by atoms with Crippen molar-refractivity contribution in [2.75, 3.05) is 11.5 Å². The fraction of sp³-hybridized carbons (Fsp3) is 0.455. The van der Waals surface area contributed by atoms with E-state index in [4.69, 9.17) is 10.5 Å². The Balaban J connectivity index is 2.20. The van der Waals surface area contributed by atoms with Gasteiger partial charge in [0.15, 0.2) is 27.2 Å². The molecule has 2 N–H and O–H groups in total. The van der Waals surface area contributed by atoms with Gasteiger partial charge in [-0.05, 0) is 24.1 Å². The Kier molecular flexibility index (Phi) is 3.54. The second-order valence-electron chi connectivity index (χ2n) is 4.24. The third-order valence-electron chi connectivity index (χ3n) is 2.77. The molecule has 100 valence electrons. The van der Waals surface area contributed by atoms with Gasteiger partial charge in [-0.25, -0.2) is 17.2 Å². The number of benzene rings is 1. The first-order valence-electron chi connectivity index (χ1n) is 5.46. The summed E-state index contributed by atoms with van der Waals surface area (Å²) in [7, 11) is -3.14. The fourth-order valence-corrected chi connectivity index (χ4v) is 3.45. The Morgan fingerprint density at radius 2 is 1.94 bits per heavy atom. The molecule has 0 aromatic heterocycles. The minimum atomic E-state index is -3.14. The van der Waals surface area contributed by atoms with Crippen LogP contribution in [-0.4, -0.2) is 26.0 Å². The molecule has 1 atom stereocenters. The highest BCUT2D eigenvalue weighted by molar-refractivity contribution is 7.91. The molecular formula is C11H13F2NO3S. The van der Waals surface area contributed by atoms with Crippen molar-refractivity contribution >= 4 is 9.84 Å². The van der Waals surface area contributed by atoms with Gasteiger partial charge in [0.1, 0.15) is 6.10 Å². The van der Waals surface area contributed by atoms with Gasteiger partial charge in [-0.2, -0.15) is 0 Å². The van der Waals surface area contributed by atoms with Crippen LogP contribution in [0.15, 0.2) is 12.1 Å². The third kappa shape index (κ3) is 2.78. The standard InChI is InChI=1S/C11H13F2NO3S/c12-9-3-7(5-14)4-10(13)11(9)17-8-1-2-18(15,16)6-8/h3-4,8H,1-2,5-6,14H2. The summed E-state index contributed by atoms with van der Waals surface area (Å²) in [6.07, 6.45) is -0.442. The maximum Gasteiger partial charge on any atom is 0.191 e. The molecule has 7 heteroatoms. The van der Waals surface area contributed by atoms with Gasteiger partial charge in [-0.1, -0.05) is 0 Å². The van der Waals surface area contributed by atoms with E-state index >= 15 is 0 Å². The second-order valence-corrected chi connectivity index (χ2v) is 6.46. The zero-order valence-corrected chi connectivity index (χ0v) is 10.3. The van der Waals surface area contributed by atoms with Crippen LogP contribution >= 0.6 is 0 Å². The van der Waals surface area contributed by atoms with Crippen LogP contribution in [0.25, 0.3) is 0 Å². The van der Waals surface area contributed by atoms with Crippen molar-refractivity contribution in [1.29, 1.82) is 0 Å². The van der Waals surface area contributed by atoms with Crippen LogP contribution in [0.4, 0.5) is 8.78 Å². The number of sulfone groups is 1. The SMILES string of the molecule is NCc1cc(F)c(OC2CCS(=O)(=O)C2)c(F)c1. The van der Waals surface area contributed by atoms with Gasteiger partial charge in [-0.3, -0.25) is 0 Å². The molecule has 0 spiro atoms. The first kappa shape index (κ1) is 13.2. The van der Waals surface area contributed by atoms with Gasteiger partial charge < -0.3 is 10.5 Å². The molecule has 0 aliphatic carbocycles. The lowest BCUT2D eigenvalue weighted by molar-refractivity contribution is 0.207. The Morgan fingerprint density at radius 1 is 1.33 bits per heavy atom. The normalized spacial score (nSPS) is 22.1. The van der Waals surface area contributed by atoms with E-state index < -0.39 is 33.3 Å². The van der Waals surface area contributed by atoms with Crippen molar-refractivity contribution < 1.29 is 21.9 Å². The molecule has 1 unspecified atom stereocenters.